The molecular formula is C17H20N4O2. The molecule has 120 valence electrons. The van der Waals surface area contributed by atoms with Crippen molar-refractivity contribution in [2.45, 2.75) is 18.8 Å². The van der Waals surface area contributed by atoms with Crippen LogP contribution in [0.25, 0.3) is 0 Å². The first-order chi connectivity index (χ1) is 11.2. The standard InChI is InChI=1S/C17H20N4O2/c1-23-17(22)14-3-5-16(20-11-14)21-8-6-12(7-9-21)13-2-4-15(18)19-10-13/h2-5,10-12H,6-9H2,1H3,(H2,18,19). The molecule has 0 saturated carbocycles. The fraction of sp³-hybridized carbons (Fsp3) is 0.353. The van der Waals surface area contributed by atoms with Crippen molar-refractivity contribution in [3.8, 4) is 0 Å². The normalized spacial score (nSPS) is 15.4. The molecule has 0 bridgehead atoms. The molecule has 0 spiro atoms. The van der Waals surface area contributed by atoms with Crippen LogP contribution in [0, 0.1) is 0 Å². The summed E-state index contributed by atoms with van der Waals surface area (Å²) in [4.78, 5) is 22.2. The van der Waals surface area contributed by atoms with Crippen molar-refractivity contribution < 1.29 is 9.53 Å². The van der Waals surface area contributed by atoms with E-state index in [-0.39, 0.29) is 5.97 Å². The Kier molecular flexibility index (Phi) is 4.41. The number of rotatable bonds is 3. The van der Waals surface area contributed by atoms with E-state index >= 15 is 0 Å². The number of esters is 1. The summed E-state index contributed by atoms with van der Waals surface area (Å²) in [5.41, 5.74) is 7.35. The number of anilines is 2. The molecule has 6 nitrogen and oxygen atoms in total. The average Bonchev–Trinajstić information content (AvgIpc) is 2.62. The number of pyridine rings is 2. The summed E-state index contributed by atoms with van der Waals surface area (Å²) in [6.45, 7) is 1.86. The zero-order chi connectivity index (χ0) is 16.2. The maximum absolute atomic E-state index is 11.4. The molecule has 1 saturated heterocycles. The smallest absolute Gasteiger partial charge is 0.339 e. The number of nitrogen functional groups attached to an aromatic ring is 1. The van der Waals surface area contributed by atoms with E-state index in [9.17, 15) is 4.79 Å². The summed E-state index contributed by atoms with van der Waals surface area (Å²) in [7, 11) is 1.37. The maximum atomic E-state index is 11.4. The lowest BCUT2D eigenvalue weighted by Gasteiger charge is -2.33. The molecule has 2 aromatic rings. The highest BCUT2D eigenvalue weighted by molar-refractivity contribution is 5.89. The molecule has 0 atom stereocenters. The molecule has 2 aromatic heterocycles. The van der Waals surface area contributed by atoms with Gasteiger partial charge in [0.05, 0.1) is 12.7 Å². The van der Waals surface area contributed by atoms with Crippen molar-refractivity contribution in [1.82, 2.24) is 9.97 Å². The Bertz CT molecular complexity index is 662. The Morgan fingerprint density at radius 2 is 1.96 bits per heavy atom. The molecule has 3 rings (SSSR count). The number of carbonyl (C=O) groups is 1. The Labute approximate surface area is 135 Å². The van der Waals surface area contributed by atoms with Crippen LogP contribution >= 0.6 is 0 Å². The van der Waals surface area contributed by atoms with Crippen LogP contribution in [0.1, 0.15) is 34.7 Å². The number of aromatic nitrogens is 2. The van der Waals surface area contributed by atoms with Crippen LogP contribution in [0.3, 0.4) is 0 Å². The number of nitrogens with two attached hydrogens (primary N) is 1. The second-order valence-corrected chi connectivity index (χ2v) is 5.67. The lowest BCUT2D eigenvalue weighted by molar-refractivity contribution is 0.0600. The van der Waals surface area contributed by atoms with E-state index in [0.29, 0.717) is 17.3 Å². The second kappa shape index (κ2) is 6.64. The van der Waals surface area contributed by atoms with Gasteiger partial charge >= 0.3 is 5.97 Å². The molecule has 6 heteroatoms. The van der Waals surface area contributed by atoms with Crippen LogP contribution in [0.15, 0.2) is 36.7 Å². The zero-order valence-electron chi connectivity index (χ0n) is 13.1. The predicted molar refractivity (Wildman–Crippen MR) is 88.4 cm³/mol. The molecule has 1 aliphatic heterocycles. The average molecular weight is 312 g/mol. The largest absolute Gasteiger partial charge is 0.465 e. The van der Waals surface area contributed by atoms with Gasteiger partial charge in [0.25, 0.3) is 0 Å². The van der Waals surface area contributed by atoms with Gasteiger partial charge in [-0.25, -0.2) is 14.8 Å². The minimum absolute atomic E-state index is 0.362. The summed E-state index contributed by atoms with van der Waals surface area (Å²) in [6, 6.07) is 7.54. The Morgan fingerprint density at radius 1 is 1.17 bits per heavy atom. The topological polar surface area (TPSA) is 81.3 Å². The van der Waals surface area contributed by atoms with Crippen LogP contribution in [-0.2, 0) is 4.74 Å². The highest BCUT2D eigenvalue weighted by atomic mass is 16.5. The van der Waals surface area contributed by atoms with Gasteiger partial charge in [-0.1, -0.05) is 6.07 Å². The van der Waals surface area contributed by atoms with Gasteiger partial charge in [-0.05, 0) is 42.5 Å². The van der Waals surface area contributed by atoms with Crippen molar-refractivity contribution in [3.05, 3.63) is 47.8 Å². The monoisotopic (exact) mass is 312 g/mol. The SMILES string of the molecule is COC(=O)c1ccc(N2CCC(c3ccc(N)nc3)CC2)nc1. The highest BCUT2D eigenvalue weighted by Gasteiger charge is 2.21. The van der Waals surface area contributed by atoms with Crippen LogP contribution in [0.2, 0.25) is 0 Å². The maximum Gasteiger partial charge on any atom is 0.339 e. The van der Waals surface area contributed by atoms with E-state index in [0.717, 1.165) is 31.7 Å². The molecule has 3 heterocycles. The number of piperidine rings is 1. The molecule has 0 unspecified atom stereocenters. The summed E-state index contributed by atoms with van der Waals surface area (Å²) < 4.78 is 4.69. The van der Waals surface area contributed by atoms with Gasteiger partial charge in [0.15, 0.2) is 0 Å². The fourth-order valence-electron chi connectivity index (χ4n) is 2.91. The van der Waals surface area contributed by atoms with E-state index in [1.54, 1.807) is 12.3 Å². The summed E-state index contributed by atoms with van der Waals surface area (Å²) >= 11 is 0. The zero-order valence-corrected chi connectivity index (χ0v) is 13.1. The molecule has 0 radical (unpaired) electrons. The minimum Gasteiger partial charge on any atom is -0.465 e. The van der Waals surface area contributed by atoms with E-state index in [4.69, 9.17) is 5.73 Å². The molecule has 0 aromatic carbocycles. The third kappa shape index (κ3) is 3.41. The highest BCUT2D eigenvalue weighted by Crippen LogP contribution is 2.29. The van der Waals surface area contributed by atoms with Crippen LogP contribution in [0.4, 0.5) is 11.6 Å². The van der Waals surface area contributed by atoms with Crippen molar-refractivity contribution in [2.75, 3.05) is 30.8 Å². The molecule has 2 N–H and O–H groups in total. The van der Waals surface area contributed by atoms with Gasteiger partial charge in [-0.2, -0.15) is 0 Å². The second-order valence-electron chi connectivity index (χ2n) is 5.67. The molecule has 0 amide bonds. The van der Waals surface area contributed by atoms with Crippen molar-refractivity contribution in [2.24, 2.45) is 0 Å². The van der Waals surface area contributed by atoms with Crippen LogP contribution < -0.4 is 10.6 Å². The Hall–Kier alpha value is -2.63. The summed E-state index contributed by atoms with van der Waals surface area (Å²) in [5, 5.41) is 0. The van der Waals surface area contributed by atoms with Crippen molar-refractivity contribution in [3.63, 3.8) is 0 Å². The lowest BCUT2D eigenvalue weighted by Crippen LogP contribution is -2.33. The van der Waals surface area contributed by atoms with Crippen molar-refractivity contribution >= 4 is 17.6 Å². The third-order valence-electron chi connectivity index (χ3n) is 4.27. The van der Waals surface area contributed by atoms with Crippen LogP contribution in [0.5, 0.6) is 0 Å². The minimum atomic E-state index is -0.362. The third-order valence-corrected chi connectivity index (χ3v) is 4.27. The number of nitrogens with zero attached hydrogens (tertiary/aromatic N) is 3. The van der Waals surface area contributed by atoms with Gasteiger partial charge in [0.2, 0.25) is 0 Å². The van der Waals surface area contributed by atoms with E-state index in [2.05, 4.69) is 25.7 Å². The van der Waals surface area contributed by atoms with E-state index in [1.165, 1.54) is 12.7 Å². The number of carbonyl (C=O) groups excluding carboxylic acids is 1. The molecule has 1 fully saturated rings. The number of hydrogen-bond donors (Lipinski definition) is 1. The molecule has 1 aliphatic rings. The van der Waals surface area contributed by atoms with Gasteiger partial charge in [-0.3, -0.25) is 0 Å². The number of hydrogen-bond acceptors (Lipinski definition) is 6. The summed E-state index contributed by atoms with van der Waals surface area (Å²) in [5.74, 6) is 1.60. The van der Waals surface area contributed by atoms with Gasteiger partial charge < -0.3 is 15.4 Å². The quantitative estimate of drug-likeness (QED) is 0.875. The fourth-order valence-corrected chi connectivity index (χ4v) is 2.91. The van der Waals surface area contributed by atoms with Gasteiger partial charge in [-0.15, -0.1) is 0 Å². The Morgan fingerprint density at radius 3 is 2.52 bits per heavy atom. The molecule has 23 heavy (non-hydrogen) atoms. The van der Waals surface area contributed by atoms with Gasteiger partial charge in [0, 0.05) is 25.5 Å². The summed E-state index contributed by atoms with van der Waals surface area (Å²) in [6.07, 6.45) is 5.54. The van der Waals surface area contributed by atoms with Crippen LogP contribution in [-0.4, -0.2) is 36.1 Å². The number of methoxy groups -OCH3 is 1. The molecular weight excluding hydrogens is 292 g/mol. The lowest BCUT2D eigenvalue weighted by atomic mass is 9.90. The first-order valence-corrected chi connectivity index (χ1v) is 7.68. The predicted octanol–water partition coefficient (Wildman–Crippen LogP) is 2.23. The Balaban J connectivity index is 1.62. The number of ether oxygens (including phenoxy) is 1. The molecule has 0 aliphatic carbocycles. The first kappa shape index (κ1) is 15.3. The first-order valence-electron chi connectivity index (χ1n) is 7.68. The van der Waals surface area contributed by atoms with Crippen molar-refractivity contribution in [1.29, 1.82) is 0 Å². The van der Waals surface area contributed by atoms with E-state index < -0.39 is 0 Å². The van der Waals surface area contributed by atoms with E-state index in [1.807, 2.05) is 18.3 Å². The van der Waals surface area contributed by atoms with Gasteiger partial charge in [0.1, 0.15) is 11.6 Å².